The Hall–Kier alpha value is -2.79. The zero-order valence-corrected chi connectivity index (χ0v) is 19.5. The van der Waals surface area contributed by atoms with E-state index in [4.69, 9.17) is 4.98 Å². The normalized spacial score (nSPS) is 14.5. The Kier molecular flexibility index (Phi) is 12.0. The Bertz CT molecular complexity index is 804. The maximum atomic E-state index is 4.83. The Morgan fingerprint density at radius 2 is 1.80 bits per heavy atom. The minimum absolute atomic E-state index is 0.837. The van der Waals surface area contributed by atoms with Gasteiger partial charge in [0.25, 0.3) is 0 Å². The number of nitrogens with zero attached hydrogens (tertiary/aromatic N) is 4. The molecule has 1 aliphatic rings. The summed E-state index contributed by atoms with van der Waals surface area (Å²) in [6, 6.07) is 10.2. The van der Waals surface area contributed by atoms with Crippen LogP contribution >= 0.6 is 0 Å². The first kappa shape index (κ1) is 25.2. The van der Waals surface area contributed by atoms with Crippen LogP contribution in [0.4, 0.5) is 5.69 Å². The van der Waals surface area contributed by atoms with Crippen molar-refractivity contribution in [3.8, 4) is 11.4 Å². The Balaban J connectivity index is 0.00000106. The molecule has 2 aromatic rings. The lowest BCUT2D eigenvalue weighted by atomic mass is 10.1. The lowest BCUT2D eigenvalue weighted by Crippen LogP contribution is -3.12. The number of pyridine rings is 2. The molecule has 0 radical (unpaired) electrons. The number of rotatable bonds is 5. The van der Waals surface area contributed by atoms with Crippen molar-refractivity contribution >= 4 is 11.4 Å². The fourth-order valence-electron chi connectivity index (χ4n) is 3.06. The van der Waals surface area contributed by atoms with Gasteiger partial charge in [-0.1, -0.05) is 52.5 Å². The summed E-state index contributed by atoms with van der Waals surface area (Å²) in [5, 5.41) is 0. The molecule has 3 heterocycles. The van der Waals surface area contributed by atoms with E-state index in [1.165, 1.54) is 5.69 Å². The van der Waals surface area contributed by atoms with E-state index in [1.807, 2.05) is 58.0 Å². The second-order valence-electron chi connectivity index (χ2n) is 6.46. The maximum absolute atomic E-state index is 4.83. The summed E-state index contributed by atoms with van der Waals surface area (Å²) >= 11 is 0. The van der Waals surface area contributed by atoms with Crippen LogP contribution in [0.2, 0.25) is 0 Å². The molecule has 0 bridgehead atoms. The van der Waals surface area contributed by atoms with Crippen molar-refractivity contribution in [1.29, 1.82) is 0 Å². The molecular weight excluding hydrogens is 370 g/mol. The largest absolute Gasteiger partial charge is 0.360 e. The first-order valence-corrected chi connectivity index (χ1v) is 11.0. The molecule has 3 rings (SSSR count). The topological polar surface area (TPSA) is 45.8 Å². The molecular formula is C25H38N5+. The molecule has 30 heavy (non-hydrogen) atoms. The van der Waals surface area contributed by atoms with E-state index in [-0.39, 0.29) is 0 Å². The molecule has 0 spiro atoms. The number of likely N-dealkylation sites (N-methyl/N-ethyl adjacent to an activating group) is 1. The first-order valence-electron chi connectivity index (χ1n) is 11.0. The summed E-state index contributed by atoms with van der Waals surface area (Å²) in [6.45, 7) is 16.1. The SMILES string of the molecule is C=C/C=C\C(=NC)c1cc(N2CC[NH+](C)CC2)cc(-c2ccccn2)n1.CC.CC. The summed E-state index contributed by atoms with van der Waals surface area (Å²) in [7, 11) is 4.04. The van der Waals surface area contributed by atoms with E-state index < -0.39 is 0 Å². The fourth-order valence-corrected chi connectivity index (χ4v) is 3.06. The number of anilines is 1. The monoisotopic (exact) mass is 408 g/mol. The third-order valence-electron chi connectivity index (χ3n) is 4.61. The van der Waals surface area contributed by atoms with Gasteiger partial charge in [0.15, 0.2) is 0 Å². The van der Waals surface area contributed by atoms with Gasteiger partial charge in [-0.15, -0.1) is 0 Å². The standard InChI is InChI=1S/C21H25N5.2C2H6/c1-4-5-8-18(22-2)20-15-17(26-13-11-25(3)12-14-26)16-21(24-20)19-9-6-7-10-23-19;2*1-2/h4-10,15-16H,1,11-14H2,2-3H3;2*1-2H3/p+1/b8-5-,22-18?;;. The number of hydrogen-bond donors (Lipinski definition) is 1. The van der Waals surface area contributed by atoms with Crippen molar-refractivity contribution in [3.63, 3.8) is 0 Å². The van der Waals surface area contributed by atoms with Gasteiger partial charge in [0.1, 0.15) is 0 Å². The maximum Gasteiger partial charge on any atom is 0.0947 e. The van der Waals surface area contributed by atoms with Gasteiger partial charge in [-0.25, -0.2) is 4.98 Å². The van der Waals surface area contributed by atoms with Crippen LogP contribution < -0.4 is 9.80 Å². The highest BCUT2D eigenvalue weighted by molar-refractivity contribution is 6.08. The summed E-state index contributed by atoms with van der Waals surface area (Å²) < 4.78 is 0. The van der Waals surface area contributed by atoms with Crippen LogP contribution in [0, 0.1) is 0 Å². The van der Waals surface area contributed by atoms with E-state index in [2.05, 4.69) is 40.6 Å². The number of quaternary nitrogens is 1. The van der Waals surface area contributed by atoms with Crippen molar-refractivity contribution < 1.29 is 4.90 Å². The summed E-state index contributed by atoms with van der Waals surface area (Å²) in [6.07, 6.45) is 7.37. The number of aromatic nitrogens is 2. The first-order chi connectivity index (χ1) is 14.7. The molecule has 0 aliphatic carbocycles. The van der Waals surface area contributed by atoms with Crippen molar-refractivity contribution in [2.75, 3.05) is 45.2 Å². The van der Waals surface area contributed by atoms with Crippen LogP contribution in [0.1, 0.15) is 33.4 Å². The van der Waals surface area contributed by atoms with Crippen LogP contribution in [0.15, 0.2) is 66.3 Å². The lowest BCUT2D eigenvalue weighted by Gasteiger charge is -2.32. The summed E-state index contributed by atoms with van der Waals surface area (Å²) in [4.78, 5) is 17.7. The van der Waals surface area contributed by atoms with Gasteiger partial charge in [-0.3, -0.25) is 9.98 Å². The molecule has 2 aromatic heterocycles. The van der Waals surface area contributed by atoms with Gasteiger partial charge in [-0.2, -0.15) is 0 Å². The van der Waals surface area contributed by atoms with Gasteiger partial charge < -0.3 is 9.80 Å². The number of aliphatic imine (C=N–C) groups is 1. The highest BCUT2D eigenvalue weighted by Crippen LogP contribution is 2.24. The van der Waals surface area contributed by atoms with Gasteiger partial charge in [0.2, 0.25) is 0 Å². The molecule has 162 valence electrons. The van der Waals surface area contributed by atoms with Crippen LogP contribution in [-0.4, -0.2) is 56.0 Å². The predicted molar refractivity (Wildman–Crippen MR) is 131 cm³/mol. The highest BCUT2D eigenvalue weighted by Gasteiger charge is 2.19. The minimum Gasteiger partial charge on any atom is -0.360 e. The zero-order chi connectivity index (χ0) is 22.4. The molecule has 1 saturated heterocycles. The predicted octanol–water partition coefficient (Wildman–Crippen LogP) is 3.69. The molecule has 0 saturated carbocycles. The second-order valence-corrected chi connectivity index (χ2v) is 6.46. The van der Waals surface area contributed by atoms with Crippen LogP contribution in [0.3, 0.4) is 0 Å². The number of hydrogen-bond acceptors (Lipinski definition) is 4. The second kappa shape index (κ2) is 14.2. The zero-order valence-electron chi connectivity index (χ0n) is 19.5. The smallest absolute Gasteiger partial charge is 0.0947 e. The van der Waals surface area contributed by atoms with Crippen molar-refractivity contribution in [1.82, 2.24) is 9.97 Å². The Labute approximate surface area is 182 Å². The van der Waals surface area contributed by atoms with Crippen LogP contribution in [0.25, 0.3) is 11.4 Å². The van der Waals surface area contributed by atoms with Crippen LogP contribution in [0.5, 0.6) is 0 Å². The molecule has 1 fully saturated rings. The average Bonchev–Trinajstić information content (AvgIpc) is 2.83. The van der Waals surface area contributed by atoms with Gasteiger partial charge in [0.05, 0.1) is 56.0 Å². The van der Waals surface area contributed by atoms with E-state index in [9.17, 15) is 0 Å². The third kappa shape index (κ3) is 7.23. The van der Waals surface area contributed by atoms with Gasteiger partial charge in [0, 0.05) is 18.9 Å². The molecule has 1 aliphatic heterocycles. The van der Waals surface area contributed by atoms with Crippen molar-refractivity contribution in [3.05, 3.63) is 67.0 Å². The third-order valence-corrected chi connectivity index (χ3v) is 4.61. The molecule has 0 amide bonds. The van der Waals surface area contributed by atoms with Gasteiger partial charge in [-0.05, 0) is 30.3 Å². The van der Waals surface area contributed by atoms with Gasteiger partial charge >= 0.3 is 0 Å². The molecule has 0 atom stereocenters. The molecule has 0 unspecified atom stereocenters. The van der Waals surface area contributed by atoms with E-state index in [0.29, 0.717) is 0 Å². The van der Waals surface area contributed by atoms with Crippen molar-refractivity contribution in [2.24, 2.45) is 4.99 Å². The number of allylic oxidation sites excluding steroid dienone is 3. The molecule has 0 aromatic carbocycles. The summed E-state index contributed by atoms with van der Waals surface area (Å²) in [5.74, 6) is 0. The molecule has 5 nitrogen and oxygen atoms in total. The van der Waals surface area contributed by atoms with E-state index in [0.717, 1.165) is 49.0 Å². The molecule has 1 N–H and O–H groups in total. The number of piperazine rings is 1. The highest BCUT2D eigenvalue weighted by atomic mass is 15.2. The Morgan fingerprint density at radius 3 is 2.37 bits per heavy atom. The van der Waals surface area contributed by atoms with E-state index in [1.54, 1.807) is 24.2 Å². The minimum atomic E-state index is 0.837. The van der Waals surface area contributed by atoms with Crippen LogP contribution in [-0.2, 0) is 0 Å². The summed E-state index contributed by atoms with van der Waals surface area (Å²) in [5.41, 5.74) is 4.62. The molecule has 5 heteroatoms. The fraction of sp³-hybridized carbons (Fsp3) is 0.400. The quantitative estimate of drug-likeness (QED) is 0.606. The van der Waals surface area contributed by atoms with E-state index >= 15 is 0 Å². The van der Waals surface area contributed by atoms with Crippen molar-refractivity contribution in [2.45, 2.75) is 27.7 Å². The lowest BCUT2D eigenvalue weighted by molar-refractivity contribution is -0.880. The number of nitrogens with one attached hydrogen (secondary N) is 1. The average molecular weight is 409 g/mol. The Morgan fingerprint density at radius 1 is 1.10 bits per heavy atom.